The van der Waals surface area contributed by atoms with E-state index in [0.717, 1.165) is 5.56 Å². The van der Waals surface area contributed by atoms with Gasteiger partial charge in [0.1, 0.15) is 11.4 Å². The Morgan fingerprint density at radius 1 is 1.30 bits per heavy atom. The van der Waals surface area contributed by atoms with Crippen LogP contribution in [0.2, 0.25) is 0 Å². The van der Waals surface area contributed by atoms with Crippen molar-refractivity contribution in [3.05, 3.63) is 29.8 Å². The molecule has 0 saturated heterocycles. The van der Waals surface area contributed by atoms with E-state index in [1.165, 1.54) is 0 Å². The number of nitrogens with zero attached hydrogens (tertiary/aromatic N) is 2. The minimum Gasteiger partial charge on any atom is -0.444 e. The highest BCUT2D eigenvalue weighted by Crippen LogP contribution is 2.13. The predicted octanol–water partition coefficient (Wildman–Crippen LogP) is 2.96. The minimum atomic E-state index is -0.484. The zero-order valence-corrected chi connectivity index (χ0v) is 12.3. The van der Waals surface area contributed by atoms with Crippen LogP contribution in [0.4, 0.5) is 4.79 Å². The Labute approximate surface area is 119 Å². The lowest BCUT2D eigenvalue weighted by molar-refractivity contribution is 0.0301. The van der Waals surface area contributed by atoms with Crippen LogP contribution in [-0.2, 0) is 11.2 Å². The van der Waals surface area contributed by atoms with Gasteiger partial charge in [-0.15, -0.1) is 5.26 Å². The van der Waals surface area contributed by atoms with E-state index in [-0.39, 0.29) is 6.09 Å². The van der Waals surface area contributed by atoms with Crippen LogP contribution in [0.25, 0.3) is 0 Å². The number of hydrogen-bond acceptors (Lipinski definition) is 4. The molecule has 0 aliphatic carbocycles. The van der Waals surface area contributed by atoms with E-state index in [0.29, 0.717) is 18.7 Å². The van der Waals surface area contributed by atoms with Gasteiger partial charge < -0.3 is 14.4 Å². The molecule has 1 rings (SSSR count). The van der Waals surface area contributed by atoms with Gasteiger partial charge in [-0.1, -0.05) is 12.1 Å². The van der Waals surface area contributed by atoms with Crippen molar-refractivity contribution >= 4 is 6.09 Å². The van der Waals surface area contributed by atoms with Gasteiger partial charge in [0.25, 0.3) is 6.26 Å². The highest BCUT2D eigenvalue weighted by Gasteiger charge is 2.19. The third-order valence-corrected chi connectivity index (χ3v) is 2.53. The second-order valence-corrected chi connectivity index (χ2v) is 5.49. The summed E-state index contributed by atoms with van der Waals surface area (Å²) in [5.41, 5.74) is 0.576. The fourth-order valence-corrected chi connectivity index (χ4v) is 1.50. The molecule has 1 amide bonds. The van der Waals surface area contributed by atoms with E-state index in [2.05, 4.69) is 0 Å². The molecule has 5 nitrogen and oxygen atoms in total. The van der Waals surface area contributed by atoms with E-state index in [4.69, 9.17) is 14.7 Å². The van der Waals surface area contributed by atoms with Crippen LogP contribution in [0, 0.1) is 11.5 Å². The summed E-state index contributed by atoms with van der Waals surface area (Å²) in [7, 11) is 1.71. The molecule has 20 heavy (non-hydrogen) atoms. The molecule has 1 aromatic carbocycles. The number of ether oxygens (including phenoxy) is 2. The third-order valence-electron chi connectivity index (χ3n) is 2.53. The maximum atomic E-state index is 11.8. The SMILES string of the molecule is CN(CCc1ccc(OC#N)cc1)C(=O)OC(C)(C)C. The molecule has 0 saturated carbocycles. The van der Waals surface area contributed by atoms with Gasteiger partial charge in [0.05, 0.1) is 0 Å². The Bertz CT molecular complexity index is 483. The molecule has 0 bridgehead atoms. The van der Waals surface area contributed by atoms with E-state index < -0.39 is 5.60 Å². The topological polar surface area (TPSA) is 62.6 Å². The van der Waals surface area contributed by atoms with Crippen molar-refractivity contribution in [3.8, 4) is 12.0 Å². The number of rotatable bonds is 4. The first-order valence-electron chi connectivity index (χ1n) is 6.41. The fourth-order valence-electron chi connectivity index (χ4n) is 1.50. The first-order valence-corrected chi connectivity index (χ1v) is 6.41. The van der Waals surface area contributed by atoms with Crippen LogP contribution in [0.3, 0.4) is 0 Å². The summed E-state index contributed by atoms with van der Waals surface area (Å²) in [6.07, 6.45) is 2.00. The van der Waals surface area contributed by atoms with Crippen molar-refractivity contribution in [3.63, 3.8) is 0 Å². The summed E-state index contributed by atoms with van der Waals surface area (Å²) >= 11 is 0. The quantitative estimate of drug-likeness (QED) is 0.793. The van der Waals surface area contributed by atoms with Crippen molar-refractivity contribution in [2.75, 3.05) is 13.6 Å². The standard InChI is InChI=1S/C15H20N2O3/c1-15(2,3)20-14(18)17(4)10-9-12-5-7-13(8-6-12)19-11-16/h5-8H,9-10H2,1-4H3. The second-order valence-electron chi connectivity index (χ2n) is 5.49. The first-order chi connectivity index (χ1) is 9.31. The van der Waals surface area contributed by atoms with Crippen molar-refractivity contribution < 1.29 is 14.3 Å². The van der Waals surface area contributed by atoms with Crippen LogP contribution >= 0.6 is 0 Å². The van der Waals surface area contributed by atoms with Crippen molar-refractivity contribution in [2.45, 2.75) is 32.8 Å². The number of likely N-dealkylation sites (N-methyl/N-ethyl adjacent to an activating group) is 1. The third kappa shape index (κ3) is 5.61. The van der Waals surface area contributed by atoms with Crippen LogP contribution in [0.15, 0.2) is 24.3 Å². The number of nitriles is 1. The zero-order valence-electron chi connectivity index (χ0n) is 12.3. The Kier molecular flexibility index (Phi) is 5.39. The van der Waals surface area contributed by atoms with Crippen LogP contribution in [0.5, 0.6) is 5.75 Å². The molecule has 0 aliphatic rings. The summed E-state index contributed by atoms with van der Waals surface area (Å²) in [6.45, 7) is 6.08. The second kappa shape index (κ2) is 6.80. The van der Waals surface area contributed by atoms with Gasteiger partial charge in [0.15, 0.2) is 0 Å². The number of benzene rings is 1. The molecular formula is C15H20N2O3. The lowest BCUT2D eigenvalue weighted by Crippen LogP contribution is -2.35. The fraction of sp³-hybridized carbons (Fsp3) is 0.467. The Balaban J connectivity index is 2.46. The lowest BCUT2D eigenvalue weighted by Gasteiger charge is -2.24. The number of hydrogen-bond donors (Lipinski definition) is 0. The van der Waals surface area contributed by atoms with E-state index in [1.54, 1.807) is 30.3 Å². The summed E-state index contributed by atoms with van der Waals surface area (Å²) in [4.78, 5) is 13.3. The van der Waals surface area contributed by atoms with E-state index in [1.807, 2.05) is 32.9 Å². The molecule has 0 N–H and O–H groups in total. The van der Waals surface area contributed by atoms with Crippen LogP contribution in [0.1, 0.15) is 26.3 Å². The zero-order chi connectivity index (χ0) is 15.2. The molecule has 1 aromatic rings. The smallest absolute Gasteiger partial charge is 0.410 e. The summed E-state index contributed by atoms with van der Waals surface area (Å²) in [5, 5.41) is 8.39. The molecule has 108 valence electrons. The number of carbonyl (C=O) groups is 1. The molecule has 0 aromatic heterocycles. The average Bonchev–Trinajstić information content (AvgIpc) is 2.36. The Hall–Kier alpha value is -2.22. The van der Waals surface area contributed by atoms with Gasteiger partial charge in [-0.05, 0) is 44.9 Å². The first kappa shape index (κ1) is 15.8. The van der Waals surface area contributed by atoms with E-state index >= 15 is 0 Å². The summed E-state index contributed by atoms with van der Waals surface area (Å²) < 4.78 is 9.97. The lowest BCUT2D eigenvalue weighted by atomic mass is 10.1. The van der Waals surface area contributed by atoms with Gasteiger partial charge in [0, 0.05) is 13.6 Å². The van der Waals surface area contributed by atoms with Crippen LogP contribution in [-0.4, -0.2) is 30.2 Å². The number of amides is 1. The Morgan fingerprint density at radius 3 is 2.40 bits per heavy atom. The average molecular weight is 276 g/mol. The van der Waals surface area contributed by atoms with Gasteiger partial charge in [-0.2, -0.15) is 0 Å². The van der Waals surface area contributed by atoms with Crippen LogP contribution < -0.4 is 4.74 Å². The Morgan fingerprint density at radius 2 is 1.90 bits per heavy atom. The van der Waals surface area contributed by atoms with E-state index in [9.17, 15) is 4.79 Å². The maximum absolute atomic E-state index is 11.8. The molecule has 0 atom stereocenters. The molecule has 0 radical (unpaired) electrons. The number of carbonyl (C=O) groups excluding carboxylic acids is 1. The molecule has 0 unspecified atom stereocenters. The summed E-state index contributed by atoms with van der Waals surface area (Å²) in [6, 6.07) is 7.20. The molecular weight excluding hydrogens is 256 g/mol. The molecule has 0 aliphatic heterocycles. The molecule has 0 spiro atoms. The summed E-state index contributed by atoms with van der Waals surface area (Å²) in [5.74, 6) is 0.511. The van der Waals surface area contributed by atoms with Gasteiger partial charge in [-0.25, -0.2) is 4.79 Å². The predicted molar refractivity (Wildman–Crippen MR) is 75.3 cm³/mol. The highest BCUT2D eigenvalue weighted by molar-refractivity contribution is 5.67. The van der Waals surface area contributed by atoms with Gasteiger partial charge in [-0.3, -0.25) is 0 Å². The van der Waals surface area contributed by atoms with Crippen molar-refractivity contribution in [1.29, 1.82) is 5.26 Å². The molecule has 5 heteroatoms. The van der Waals surface area contributed by atoms with Crippen molar-refractivity contribution in [1.82, 2.24) is 4.90 Å². The maximum Gasteiger partial charge on any atom is 0.410 e. The highest BCUT2D eigenvalue weighted by atomic mass is 16.6. The van der Waals surface area contributed by atoms with Gasteiger partial charge in [0.2, 0.25) is 0 Å². The monoisotopic (exact) mass is 276 g/mol. The van der Waals surface area contributed by atoms with Gasteiger partial charge >= 0.3 is 6.09 Å². The largest absolute Gasteiger partial charge is 0.444 e. The minimum absolute atomic E-state index is 0.332. The normalized spacial score (nSPS) is 10.6. The molecule has 0 heterocycles. The molecule has 0 fully saturated rings. The van der Waals surface area contributed by atoms with Crippen molar-refractivity contribution in [2.24, 2.45) is 0 Å².